The van der Waals surface area contributed by atoms with Crippen LogP contribution in [0.4, 0.5) is 0 Å². The summed E-state index contributed by atoms with van der Waals surface area (Å²) in [5.74, 6) is 0.549. The fourth-order valence-electron chi connectivity index (χ4n) is 0.619. The van der Waals surface area contributed by atoms with Gasteiger partial charge in [0.15, 0.2) is 0 Å². The molecule has 0 aliphatic heterocycles. The fourth-order valence-corrected chi connectivity index (χ4v) is 1.56. The minimum absolute atomic E-state index is 0.549. The first kappa shape index (κ1) is 14.9. The van der Waals surface area contributed by atoms with E-state index in [1.165, 1.54) is 0 Å². The van der Waals surface area contributed by atoms with E-state index in [1.54, 1.807) is 24.3 Å². The van der Waals surface area contributed by atoms with E-state index < -0.39 is 13.0 Å². The third-order valence-corrected chi connectivity index (χ3v) is 1.88. The first-order valence-corrected chi connectivity index (χ1v) is 7.48. The van der Waals surface area contributed by atoms with E-state index >= 15 is 0 Å². The molecule has 0 radical (unpaired) electrons. The minimum Gasteiger partial charge on any atom is -0.436 e. The molecule has 1 atom stereocenters. The smallest absolute Gasteiger partial charge is 0.436 e. The summed E-state index contributed by atoms with van der Waals surface area (Å²) in [5, 5.41) is 21.5. The zero-order chi connectivity index (χ0) is 11.9. The van der Waals surface area contributed by atoms with Gasteiger partial charge in [-0.3, -0.25) is 0 Å². The zero-order valence-corrected chi connectivity index (χ0v) is 10.1. The largest absolute Gasteiger partial charge is 0.631 e. The van der Waals surface area contributed by atoms with Crippen LogP contribution in [0.1, 0.15) is 0 Å². The van der Waals surface area contributed by atoms with Gasteiger partial charge in [0.25, 0.3) is 5.69 Å². The fraction of sp³-hybridized carbons (Fsp3) is 0. The van der Waals surface area contributed by atoms with Crippen molar-refractivity contribution in [2.75, 3.05) is 0 Å². The Morgan fingerprint density at radius 3 is 1.93 bits per heavy atom. The summed E-state index contributed by atoms with van der Waals surface area (Å²) in [6.07, 6.45) is 0. The summed E-state index contributed by atoms with van der Waals surface area (Å²) in [4.78, 5) is 9.04. The van der Waals surface area contributed by atoms with Crippen LogP contribution < -0.4 is 4.52 Å². The van der Waals surface area contributed by atoms with Crippen LogP contribution in [-0.2, 0) is 11.8 Å². The van der Waals surface area contributed by atoms with Gasteiger partial charge in [-0.05, 0) is 23.9 Å². The highest BCUT2D eigenvalue weighted by Gasteiger charge is 2.06. The SMILES string of the molecule is OB(O)O.OP(=S)(S)Oc1ccccc1. The van der Waals surface area contributed by atoms with Gasteiger partial charge in [-0.25, -0.2) is 0 Å². The molecule has 9 heteroatoms. The summed E-state index contributed by atoms with van der Waals surface area (Å²) in [6.45, 7) is 0. The number of para-hydroxylation sites is 1. The molecule has 0 aromatic heterocycles. The van der Waals surface area contributed by atoms with Gasteiger partial charge in [-0.15, -0.1) is 0 Å². The number of benzene rings is 1. The average Bonchev–Trinajstić information content (AvgIpc) is 2.01. The minimum atomic E-state index is -2.86. The van der Waals surface area contributed by atoms with E-state index in [0.717, 1.165) is 0 Å². The third kappa shape index (κ3) is 11.9. The van der Waals surface area contributed by atoms with Crippen LogP contribution in [0.25, 0.3) is 0 Å². The highest BCUT2D eigenvalue weighted by molar-refractivity contribution is 8.59. The van der Waals surface area contributed by atoms with E-state index in [9.17, 15) is 0 Å². The van der Waals surface area contributed by atoms with Crippen LogP contribution >= 0.6 is 17.9 Å². The van der Waals surface area contributed by atoms with E-state index in [-0.39, 0.29) is 0 Å². The van der Waals surface area contributed by atoms with Gasteiger partial charge in [0.2, 0.25) is 0 Å². The lowest BCUT2D eigenvalue weighted by Crippen LogP contribution is -2.07. The van der Waals surface area contributed by atoms with E-state index in [1.807, 2.05) is 6.07 Å². The topological polar surface area (TPSA) is 90.2 Å². The van der Waals surface area contributed by atoms with Crippen molar-refractivity contribution < 1.29 is 24.5 Å². The first-order valence-electron chi connectivity index (χ1n) is 3.65. The lowest BCUT2D eigenvalue weighted by Gasteiger charge is -2.09. The van der Waals surface area contributed by atoms with Crippen LogP contribution in [-0.4, -0.2) is 27.3 Å². The molecule has 1 unspecified atom stereocenters. The lowest BCUT2D eigenvalue weighted by atomic mass is 10.3. The van der Waals surface area contributed by atoms with E-state index in [0.29, 0.717) is 5.75 Å². The first-order chi connectivity index (χ1) is 6.81. The Hall–Kier alpha value is -0.0751. The molecule has 15 heavy (non-hydrogen) atoms. The van der Waals surface area contributed by atoms with Crippen molar-refractivity contribution in [3.05, 3.63) is 30.3 Å². The van der Waals surface area contributed by atoms with Crippen molar-refractivity contribution in [1.82, 2.24) is 0 Å². The van der Waals surface area contributed by atoms with E-state index in [4.69, 9.17) is 24.5 Å². The molecule has 0 saturated heterocycles. The molecule has 1 aromatic carbocycles. The summed E-state index contributed by atoms with van der Waals surface area (Å²) >= 11 is 8.30. The molecule has 1 aromatic rings. The number of hydrogen-bond donors (Lipinski definition) is 5. The Kier molecular flexibility index (Phi) is 7.20. The van der Waals surface area contributed by atoms with Gasteiger partial charge in [0, 0.05) is 0 Å². The van der Waals surface area contributed by atoms with Crippen molar-refractivity contribution in [3.63, 3.8) is 0 Å². The second-order valence-electron chi connectivity index (χ2n) is 2.24. The van der Waals surface area contributed by atoms with Gasteiger partial charge in [0.1, 0.15) is 5.75 Å². The van der Waals surface area contributed by atoms with Crippen molar-refractivity contribution in [3.8, 4) is 5.75 Å². The zero-order valence-electron chi connectivity index (χ0n) is 7.46. The average molecular weight is 268 g/mol. The monoisotopic (exact) mass is 268 g/mol. The molecule has 0 bridgehead atoms. The Morgan fingerprint density at radius 1 is 1.20 bits per heavy atom. The van der Waals surface area contributed by atoms with Gasteiger partial charge in [0.05, 0.1) is 0 Å². The Labute approximate surface area is 97.9 Å². The Balaban J connectivity index is 0.000000423. The molecule has 0 saturated carbocycles. The summed E-state index contributed by atoms with van der Waals surface area (Å²) in [7, 11) is -2.17. The molecular weight excluding hydrogens is 258 g/mol. The highest BCUT2D eigenvalue weighted by Crippen LogP contribution is 2.47. The van der Waals surface area contributed by atoms with Crippen LogP contribution in [0.2, 0.25) is 0 Å². The number of thiol groups is 1. The maximum atomic E-state index is 9.04. The predicted molar refractivity (Wildman–Crippen MR) is 65.0 cm³/mol. The van der Waals surface area contributed by atoms with Gasteiger partial charge in [-0.2, -0.15) is 0 Å². The standard InChI is InChI=1S/C6H7O2PS2.BH3O3/c7-9(10,11)8-6-4-2-1-3-5-6;2-1(3)4/h1-5H,(H2,7,10,11);2-4H. The third-order valence-electron chi connectivity index (χ3n) is 0.968. The number of rotatable bonds is 2. The predicted octanol–water partition coefficient (Wildman–Crippen LogP) is 0.160. The lowest BCUT2D eigenvalue weighted by molar-refractivity contribution is 0.278. The molecule has 84 valence electrons. The summed E-state index contributed by atoms with van der Waals surface area (Å²) in [5.41, 5.74) is -2.86. The summed E-state index contributed by atoms with van der Waals surface area (Å²) in [6, 6.07) is 8.88. The maximum absolute atomic E-state index is 9.04. The Morgan fingerprint density at radius 2 is 1.60 bits per heavy atom. The van der Waals surface area contributed by atoms with Gasteiger partial charge < -0.3 is 24.5 Å². The number of hydrogen-bond acceptors (Lipinski definition) is 5. The second kappa shape index (κ2) is 7.24. The molecule has 0 spiro atoms. The maximum Gasteiger partial charge on any atom is 0.631 e. The molecule has 0 heterocycles. The van der Waals surface area contributed by atoms with Crippen molar-refractivity contribution in [2.24, 2.45) is 0 Å². The molecular formula is C6H10BO5PS2. The van der Waals surface area contributed by atoms with Crippen LogP contribution in [0, 0.1) is 0 Å². The molecule has 0 amide bonds. The van der Waals surface area contributed by atoms with Crippen molar-refractivity contribution in [2.45, 2.75) is 0 Å². The molecule has 5 nitrogen and oxygen atoms in total. The second-order valence-corrected chi connectivity index (χ2v) is 7.33. The molecule has 0 aliphatic carbocycles. The highest BCUT2D eigenvalue weighted by atomic mass is 32.9. The van der Waals surface area contributed by atoms with Crippen LogP contribution in [0.5, 0.6) is 5.75 Å². The van der Waals surface area contributed by atoms with Crippen molar-refractivity contribution in [1.29, 1.82) is 0 Å². The molecule has 0 aliphatic rings. The molecule has 4 N–H and O–H groups in total. The van der Waals surface area contributed by atoms with Gasteiger partial charge in [-0.1, -0.05) is 30.4 Å². The van der Waals surface area contributed by atoms with E-state index in [2.05, 4.69) is 24.1 Å². The normalized spacial score (nSPS) is 13.1. The molecule has 0 fully saturated rings. The van der Waals surface area contributed by atoms with Crippen LogP contribution in [0.3, 0.4) is 0 Å². The Bertz CT molecular complexity index is 314. The van der Waals surface area contributed by atoms with Gasteiger partial charge >= 0.3 is 7.32 Å². The summed E-state index contributed by atoms with van der Waals surface area (Å²) < 4.78 is 4.95. The van der Waals surface area contributed by atoms with Crippen molar-refractivity contribution >= 4 is 37.1 Å². The molecule has 1 rings (SSSR count). The van der Waals surface area contributed by atoms with Crippen LogP contribution in [0.15, 0.2) is 30.3 Å². The quantitative estimate of drug-likeness (QED) is 0.298.